The fourth-order valence-electron chi connectivity index (χ4n) is 3.35. The number of carbonyl (C=O) groups excluding carboxylic acids is 1. The first-order valence-electron chi connectivity index (χ1n) is 9.03. The molecule has 27 heavy (non-hydrogen) atoms. The summed E-state index contributed by atoms with van der Waals surface area (Å²) in [6.07, 6.45) is 6.29. The summed E-state index contributed by atoms with van der Waals surface area (Å²) in [5.74, 6) is 0.425. The number of ether oxygens (including phenoxy) is 1. The van der Waals surface area contributed by atoms with Crippen LogP contribution in [0.2, 0.25) is 0 Å². The summed E-state index contributed by atoms with van der Waals surface area (Å²) in [6, 6.07) is 11.2. The topological polar surface area (TPSA) is 102 Å². The maximum absolute atomic E-state index is 12.0. The quantitative estimate of drug-likeness (QED) is 0.447. The molecule has 7 nitrogen and oxygen atoms in total. The molecular formula is C20H22N2O5. The molecule has 2 aromatic carbocycles. The molecule has 2 aromatic rings. The third-order valence-electron chi connectivity index (χ3n) is 4.79. The molecule has 0 heterocycles. The van der Waals surface area contributed by atoms with Crippen molar-refractivity contribution in [3.8, 4) is 11.5 Å². The van der Waals surface area contributed by atoms with Crippen LogP contribution in [0.1, 0.15) is 43.6 Å². The van der Waals surface area contributed by atoms with Crippen LogP contribution in [-0.4, -0.2) is 22.5 Å². The number of nitro benzene ring substituents is 1. The molecule has 0 bridgehead atoms. The minimum atomic E-state index is -0.598. The van der Waals surface area contributed by atoms with Crippen LogP contribution in [0.15, 0.2) is 42.5 Å². The third-order valence-corrected chi connectivity index (χ3v) is 4.79. The number of phenols is 1. The van der Waals surface area contributed by atoms with E-state index < -0.39 is 10.8 Å². The molecule has 142 valence electrons. The minimum absolute atomic E-state index is 0.0227. The number of non-ortho nitro benzene ring substituents is 1. The van der Waals surface area contributed by atoms with Gasteiger partial charge in [-0.15, -0.1) is 0 Å². The molecule has 3 rings (SSSR count). The lowest BCUT2D eigenvalue weighted by Crippen LogP contribution is -2.20. The molecule has 0 aliphatic heterocycles. The number of carbonyl (C=O) groups is 1. The van der Waals surface area contributed by atoms with Gasteiger partial charge >= 0.3 is 0 Å². The van der Waals surface area contributed by atoms with E-state index in [0.717, 1.165) is 12.1 Å². The number of benzene rings is 2. The molecule has 0 saturated heterocycles. The molecular weight excluding hydrogens is 348 g/mol. The molecule has 1 aliphatic carbocycles. The molecule has 0 unspecified atom stereocenters. The molecule has 7 heteroatoms. The molecule has 0 spiro atoms. The van der Waals surface area contributed by atoms with Gasteiger partial charge in [0.25, 0.3) is 11.6 Å². The number of hydrogen-bond acceptors (Lipinski definition) is 5. The molecule has 1 amide bonds. The van der Waals surface area contributed by atoms with Crippen molar-refractivity contribution in [1.29, 1.82) is 0 Å². The number of nitrogens with zero attached hydrogens (tertiary/aromatic N) is 1. The number of phenolic OH excluding ortho intramolecular Hbond substituents is 1. The smallest absolute Gasteiger partial charge is 0.271 e. The van der Waals surface area contributed by atoms with Crippen LogP contribution in [0.25, 0.3) is 0 Å². The minimum Gasteiger partial charge on any atom is -0.506 e. The normalized spacial score (nSPS) is 14.5. The zero-order chi connectivity index (χ0) is 19.2. The Morgan fingerprint density at radius 3 is 2.52 bits per heavy atom. The third kappa shape index (κ3) is 4.97. The van der Waals surface area contributed by atoms with Crippen LogP contribution in [0, 0.1) is 10.1 Å². The average Bonchev–Trinajstić information content (AvgIpc) is 2.69. The lowest BCUT2D eigenvalue weighted by molar-refractivity contribution is -0.384. The van der Waals surface area contributed by atoms with Crippen LogP contribution < -0.4 is 10.1 Å². The molecule has 0 atom stereocenters. The predicted molar refractivity (Wildman–Crippen MR) is 101 cm³/mol. The Kier molecular flexibility index (Phi) is 5.90. The van der Waals surface area contributed by atoms with E-state index >= 15 is 0 Å². The molecule has 2 N–H and O–H groups in total. The second-order valence-electron chi connectivity index (χ2n) is 6.70. The first-order valence-corrected chi connectivity index (χ1v) is 9.03. The fraction of sp³-hybridized carbons (Fsp3) is 0.350. The van der Waals surface area contributed by atoms with Crippen LogP contribution in [-0.2, 0) is 4.79 Å². The number of aromatic hydroxyl groups is 1. The maximum Gasteiger partial charge on any atom is 0.271 e. The van der Waals surface area contributed by atoms with Crippen LogP contribution >= 0.6 is 0 Å². The second kappa shape index (κ2) is 8.53. The Morgan fingerprint density at radius 1 is 1.15 bits per heavy atom. The Morgan fingerprint density at radius 2 is 1.85 bits per heavy atom. The SMILES string of the molecule is O=C(COc1ccc(C2CCCCC2)cc1)Nc1cc([N+](=O)[O-])ccc1O. The Hall–Kier alpha value is -3.09. The summed E-state index contributed by atoms with van der Waals surface area (Å²) in [7, 11) is 0. The lowest BCUT2D eigenvalue weighted by Gasteiger charge is -2.22. The van der Waals surface area contributed by atoms with Crippen LogP contribution in [0.3, 0.4) is 0 Å². The highest BCUT2D eigenvalue weighted by Crippen LogP contribution is 2.33. The number of anilines is 1. The summed E-state index contributed by atoms with van der Waals surface area (Å²) >= 11 is 0. The van der Waals surface area contributed by atoms with Crippen molar-refractivity contribution < 1.29 is 19.6 Å². The van der Waals surface area contributed by atoms with Crippen molar-refractivity contribution in [2.24, 2.45) is 0 Å². The summed E-state index contributed by atoms with van der Waals surface area (Å²) < 4.78 is 5.47. The van der Waals surface area contributed by atoms with Gasteiger partial charge in [0.2, 0.25) is 0 Å². The van der Waals surface area contributed by atoms with Crippen molar-refractivity contribution >= 4 is 17.3 Å². The van der Waals surface area contributed by atoms with Gasteiger partial charge in [0.1, 0.15) is 11.5 Å². The van der Waals surface area contributed by atoms with Crippen LogP contribution in [0.5, 0.6) is 11.5 Å². The summed E-state index contributed by atoms with van der Waals surface area (Å²) in [6.45, 7) is -0.259. The Bertz CT molecular complexity index is 814. The summed E-state index contributed by atoms with van der Waals surface area (Å²) in [5, 5.41) is 22.9. The highest BCUT2D eigenvalue weighted by Gasteiger charge is 2.16. The number of nitro groups is 1. The van der Waals surface area contributed by atoms with E-state index in [1.165, 1.54) is 43.7 Å². The van der Waals surface area contributed by atoms with Crippen molar-refractivity contribution in [1.82, 2.24) is 0 Å². The molecule has 0 radical (unpaired) electrons. The second-order valence-corrected chi connectivity index (χ2v) is 6.70. The van der Waals surface area contributed by atoms with E-state index in [9.17, 15) is 20.0 Å². The predicted octanol–water partition coefficient (Wildman–Crippen LogP) is 4.37. The average molecular weight is 370 g/mol. The van der Waals surface area contributed by atoms with Crippen molar-refractivity contribution in [3.05, 3.63) is 58.1 Å². The highest BCUT2D eigenvalue weighted by molar-refractivity contribution is 5.93. The summed E-state index contributed by atoms with van der Waals surface area (Å²) in [5.41, 5.74) is 1.06. The first-order chi connectivity index (χ1) is 13.0. The van der Waals surface area contributed by atoms with Crippen molar-refractivity contribution in [2.45, 2.75) is 38.0 Å². The van der Waals surface area contributed by atoms with Gasteiger partial charge in [-0.1, -0.05) is 31.4 Å². The fourth-order valence-corrected chi connectivity index (χ4v) is 3.35. The molecule has 1 fully saturated rings. The van der Waals surface area contributed by atoms with Gasteiger partial charge in [0.05, 0.1) is 10.6 Å². The number of rotatable bonds is 6. The number of amides is 1. The van der Waals surface area contributed by atoms with Gasteiger partial charge in [-0.05, 0) is 42.5 Å². The monoisotopic (exact) mass is 370 g/mol. The van der Waals surface area contributed by atoms with E-state index in [1.807, 2.05) is 24.3 Å². The van der Waals surface area contributed by atoms with E-state index in [2.05, 4.69) is 5.32 Å². The van der Waals surface area contributed by atoms with E-state index in [-0.39, 0.29) is 23.7 Å². The van der Waals surface area contributed by atoms with Gasteiger partial charge in [-0.3, -0.25) is 14.9 Å². The Balaban J connectivity index is 1.54. The first kappa shape index (κ1) is 18.7. The largest absolute Gasteiger partial charge is 0.506 e. The van der Waals surface area contributed by atoms with Gasteiger partial charge in [0.15, 0.2) is 6.61 Å². The van der Waals surface area contributed by atoms with E-state index in [4.69, 9.17) is 4.74 Å². The standard InChI is InChI=1S/C20H22N2O5/c23-19-11-8-16(22(25)26)12-18(19)21-20(24)13-27-17-9-6-15(7-10-17)14-4-2-1-3-5-14/h6-12,14,23H,1-5,13H2,(H,21,24). The lowest BCUT2D eigenvalue weighted by atomic mass is 9.84. The Labute approximate surface area is 157 Å². The number of hydrogen-bond donors (Lipinski definition) is 2. The molecule has 1 aliphatic rings. The van der Waals surface area contributed by atoms with Crippen LogP contribution in [0.4, 0.5) is 11.4 Å². The van der Waals surface area contributed by atoms with Gasteiger partial charge < -0.3 is 15.2 Å². The molecule has 0 aromatic heterocycles. The van der Waals surface area contributed by atoms with Gasteiger partial charge in [0, 0.05) is 12.1 Å². The zero-order valence-electron chi connectivity index (χ0n) is 14.9. The van der Waals surface area contributed by atoms with Crippen molar-refractivity contribution in [2.75, 3.05) is 11.9 Å². The maximum atomic E-state index is 12.0. The van der Waals surface area contributed by atoms with Gasteiger partial charge in [-0.25, -0.2) is 0 Å². The van der Waals surface area contributed by atoms with Gasteiger partial charge in [-0.2, -0.15) is 0 Å². The van der Waals surface area contributed by atoms with E-state index in [0.29, 0.717) is 11.7 Å². The zero-order valence-corrected chi connectivity index (χ0v) is 14.9. The van der Waals surface area contributed by atoms with Crippen molar-refractivity contribution in [3.63, 3.8) is 0 Å². The molecule has 1 saturated carbocycles. The number of nitrogens with one attached hydrogen (secondary N) is 1. The highest BCUT2D eigenvalue weighted by atomic mass is 16.6. The summed E-state index contributed by atoms with van der Waals surface area (Å²) in [4.78, 5) is 22.2. The van der Waals surface area contributed by atoms with E-state index in [1.54, 1.807) is 0 Å².